The molecule has 4 rings (SSSR count). The van der Waals surface area contributed by atoms with Crippen molar-refractivity contribution in [2.75, 3.05) is 13.1 Å². The van der Waals surface area contributed by atoms with Crippen molar-refractivity contribution < 1.29 is 9.47 Å². The molecule has 186 valence electrons. The van der Waals surface area contributed by atoms with E-state index in [1.54, 1.807) is 0 Å². The highest BCUT2D eigenvalue weighted by Crippen LogP contribution is 2.32. The number of hydrazone groups is 1. The van der Waals surface area contributed by atoms with Crippen LogP contribution in [0, 0.1) is 0 Å². The molecule has 0 spiro atoms. The molecule has 34 heavy (non-hydrogen) atoms. The monoisotopic (exact) mass is 465 g/mol. The number of nitrogens with two attached hydrogens (primary N) is 1. The molecule has 1 aliphatic carbocycles. The van der Waals surface area contributed by atoms with Gasteiger partial charge in [0.05, 0.1) is 11.8 Å². The van der Waals surface area contributed by atoms with Gasteiger partial charge in [-0.3, -0.25) is 4.90 Å². The number of allylic oxidation sites excluding steroid dienone is 2. The zero-order chi connectivity index (χ0) is 23.8. The molecule has 2 heterocycles. The van der Waals surface area contributed by atoms with Crippen LogP contribution in [0.3, 0.4) is 0 Å². The minimum absolute atomic E-state index is 0.239. The third-order valence-electron chi connectivity index (χ3n) is 7.62. The van der Waals surface area contributed by atoms with Crippen molar-refractivity contribution in [3.8, 4) is 5.75 Å². The number of fused-ring (bicyclic) bond motifs is 1. The summed E-state index contributed by atoms with van der Waals surface area (Å²) in [6.07, 6.45) is 16.9. The summed E-state index contributed by atoms with van der Waals surface area (Å²) in [5.74, 6) is 7.51. The van der Waals surface area contributed by atoms with Gasteiger partial charge in [-0.25, -0.2) is 0 Å². The van der Waals surface area contributed by atoms with E-state index < -0.39 is 0 Å². The summed E-state index contributed by atoms with van der Waals surface area (Å²) in [5.41, 5.74) is 2.98. The lowest BCUT2D eigenvalue weighted by Gasteiger charge is -2.47. The molecular formula is C29H43N3O2. The van der Waals surface area contributed by atoms with Crippen LogP contribution in [0.5, 0.6) is 5.75 Å². The number of benzene rings is 1. The fraction of sp³-hybridized carbons (Fsp3) is 0.621. The Kier molecular flexibility index (Phi) is 9.09. The van der Waals surface area contributed by atoms with Crippen LogP contribution in [0.4, 0.5) is 0 Å². The molecule has 1 aromatic rings. The zero-order valence-corrected chi connectivity index (χ0v) is 21.0. The van der Waals surface area contributed by atoms with Gasteiger partial charge in [-0.05, 0) is 81.7 Å². The second-order valence-corrected chi connectivity index (χ2v) is 10.2. The Morgan fingerprint density at radius 3 is 2.56 bits per heavy atom. The summed E-state index contributed by atoms with van der Waals surface area (Å²) >= 11 is 0. The van der Waals surface area contributed by atoms with Gasteiger partial charge in [-0.15, -0.1) is 0 Å². The summed E-state index contributed by atoms with van der Waals surface area (Å²) in [5, 5.41) is 4.17. The van der Waals surface area contributed by atoms with Crippen molar-refractivity contribution in [3.05, 3.63) is 48.2 Å². The maximum atomic E-state index is 6.35. The molecule has 1 saturated carbocycles. The van der Waals surface area contributed by atoms with E-state index in [1.165, 1.54) is 51.5 Å². The molecule has 0 radical (unpaired) electrons. The van der Waals surface area contributed by atoms with Crippen LogP contribution in [0.15, 0.2) is 47.8 Å². The summed E-state index contributed by atoms with van der Waals surface area (Å²) in [6.45, 7) is 8.65. The van der Waals surface area contributed by atoms with Crippen molar-refractivity contribution in [2.24, 2.45) is 10.9 Å². The first-order valence-electron chi connectivity index (χ1n) is 13.5. The van der Waals surface area contributed by atoms with Crippen LogP contribution in [-0.4, -0.2) is 42.0 Å². The second kappa shape index (κ2) is 12.4. The summed E-state index contributed by atoms with van der Waals surface area (Å²) < 4.78 is 12.6. The highest BCUT2D eigenvalue weighted by Gasteiger charge is 2.40. The molecule has 3 fully saturated rings. The Balaban J connectivity index is 1.47. The molecule has 1 aromatic carbocycles. The van der Waals surface area contributed by atoms with E-state index >= 15 is 0 Å². The van der Waals surface area contributed by atoms with Crippen LogP contribution < -0.4 is 10.6 Å². The number of nitrogens with zero attached hydrogens (tertiary/aromatic N) is 2. The Morgan fingerprint density at radius 1 is 1.09 bits per heavy atom. The highest BCUT2D eigenvalue weighted by molar-refractivity contribution is 6.24. The summed E-state index contributed by atoms with van der Waals surface area (Å²) in [6, 6.07) is 8.92. The maximum Gasteiger partial charge on any atom is 0.127 e. The van der Waals surface area contributed by atoms with Crippen LogP contribution in [0.25, 0.3) is 5.57 Å². The molecule has 2 unspecified atom stereocenters. The molecular weight excluding hydrogens is 422 g/mol. The first-order chi connectivity index (χ1) is 16.7. The topological polar surface area (TPSA) is 60.1 Å². The lowest BCUT2D eigenvalue weighted by atomic mass is 9.95. The molecule has 2 aliphatic heterocycles. The molecule has 0 aromatic heterocycles. The van der Waals surface area contributed by atoms with Crippen LogP contribution in [0.2, 0.25) is 0 Å². The third-order valence-corrected chi connectivity index (χ3v) is 7.62. The number of rotatable bonds is 10. The normalized spacial score (nSPS) is 24.6. The summed E-state index contributed by atoms with van der Waals surface area (Å²) in [7, 11) is 0. The van der Waals surface area contributed by atoms with E-state index in [1.807, 2.05) is 6.08 Å². The van der Waals surface area contributed by atoms with Gasteiger partial charge in [0.2, 0.25) is 0 Å². The van der Waals surface area contributed by atoms with Crippen LogP contribution in [-0.2, 0) is 4.74 Å². The number of unbranched alkanes of at least 4 members (excludes halogenated alkanes) is 1. The Hall–Kier alpha value is -2.27. The lowest BCUT2D eigenvalue weighted by Crippen LogP contribution is -2.60. The van der Waals surface area contributed by atoms with Crippen LogP contribution in [0.1, 0.15) is 89.5 Å². The minimum atomic E-state index is 0.239. The van der Waals surface area contributed by atoms with E-state index in [0.29, 0.717) is 17.9 Å². The summed E-state index contributed by atoms with van der Waals surface area (Å²) in [4.78, 5) is 2.56. The average Bonchev–Trinajstić information content (AvgIpc) is 3.04. The Bertz CT molecular complexity index is 855. The molecule has 2 N–H and O–H groups in total. The molecule has 0 amide bonds. The van der Waals surface area contributed by atoms with Crippen molar-refractivity contribution >= 4 is 11.3 Å². The van der Waals surface area contributed by atoms with Gasteiger partial charge in [0.25, 0.3) is 0 Å². The second-order valence-electron chi connectivity index (χ2n) is 10.2. The van der Waals surface area contributed by atoms with Crippen molar-refractivity contribution in [1.82, 2.24) is 4.90 Å². The van der Waals surface area contributed by atoms with Crippen molar-refractivity contribution in [3.63, 3.8) is 0 Å². The fourth-order valence-electron chi connectivity index (χ4n) is 5.60. The van der Waals surface area contributed by atoms with Crippen molar-refractivity contribution in [2.45, 2.75) is 102 Å². The SMILES string of the molecule is C=C(/C=C(\C(CCCC)=N/N)c1ccc(OC2CCCCC2)cc1)OC1CN2CCCCCC12. The van der Waals surface area contributed by atoms with E-state index in [4.69, 9.17) is 15.3 Å². The molecule has 2 atom stereocenters. The van der Waals surface area contributed by atoms with Gasteiger partial charge in [0.1, 0.15) is 17.6 Å². The predicted molar refractivity (Wildman–Crippen MR) is 141 cm³/mol. The standard InChI is InChI=1S/C29H43N3O2/c1-3-4-13-27(31-30)26(20-22(2)33-29-21-32-19-10-6-9-14-28(29)32)23-15-17-25(18-16-23)34-24-11-7-5-8-12-24/h15-18,20,24,28-29H,2-14,19,21,30H2,1H3/b26-20-,31-27-. The van der Waals surface area contributed by atoms with E-state index in [0.717, 1.165) is 61.2 Å². The van der Waals surface area contributed by atoms with Gasteiger partial charge in [-0.1, -0.05) is 51.3 Å². The third kappa shape index (κ3) is 6.44. The molecule has 3 aliphatic rings. The molecule has 5 heteroatoms. The predicted octanol–water partition coefficient (Wildman–Crippen LogP) is 6.44. The molecule has 0 bridgehead atoms. The van der Waals surface area contributed by atoms with E-state index in [-0.39, 0.29) is 6.10 Å². The minimum Gasteiger partial charge on any atom is -0.490 e. The fourth-order valence-corrected chi connectivity index (χ4v) is 5.60. The van der Waals surface area contributed by atoms with E-state index in [2.05, 4.69) is 47.8 Å². The van der Waals surface area contributed by atoms with Gasteiger partial charge in [-0.2, -0.15) is 5.10 Å². The van der Waals surface area contributed by atoms with Crippen LogP contribution >= 0.6 is 0 Å². The molecule has 2 saturated heterocycles. The Labute approximate surface area is 206 Å². The number of hydrogen-bond donors (Lipinski definition) is 1. The quantitative estimate of drug-likeness (QED) is 0.142. The van der Waals surface area contributed by atoms with Crippen molar-refractivity contribution in [1.29, 1.82) is 0 Å². The van der Waals surface area contributed by atoms with Gasteiger partial charge in [0, 0.05) is 18.2 Å². The highest BCUT2D eigenvalue weighted by atomic mass is 16.5. The largest absolute Gasteiger partial charge is 0.490 e. The number of hydrogen-bond acceptors (Lipinski definition) is 5. The maximum absolute atomic E-state index is 6.35. The lowest BCUT2D eigenvalue weighted by molar-refractivity contribution is -0.0731. The van der Waals surface area contributed by atoms with E-state index in [9.17, 15) is 0 Å². The van der Waals surface area contributed by atoms with Gasteiger partial charge < -0.3 is 15.3 Å². The first kappa shape index (κ1) is 24.8. The molecule has 5 nitrogen and oxygen atoms in total. The van der Waals surface area contributed by atoms with Gasteiger partial charge in [0.15, 0.2) is 0 Å². The number of ether oxygens (including phenoxy) is 2. The average molecular weight is 466 g/mol. The smallest absolute Gasteiger partial charge is 0.127 e. The Morgan fingerprint density at radius 2 is 1.82 bits per heavy atom. The zero-order valence-electron chi connectivity index (χ0n) is 21.0. The first-order valence-corrected chi connectivity index (χ1v) is 13.5. The van der Waals surface area contributed by atoms with Gasteiger partial charge >= 0.3 is 0 Å².